The first-order valence-corrected chi connectivity index (χ1v) is 18.0. The quantitative estimate of drug-likeness (QED) is 0.156. The molecule has 4 aromatic heterocycles. The minimum Gasteiger partial charge on any atom is -0.486 e. The second kappa shape index (κ2) is 16.4. The largest absolute Gasteiger partial charge is 0.486 e. The summed E-state index contributed by atoms with van der Waals surface area (Å²) in [5.41, 5.74) is 14.6. The number of hydrogen-bond donors (Lipinski definition) is 0. The molecule has 273 valence electrons. The first-order valence-electron chi connectivity index (χ1n) is 19.5. The Morgan fingerprint density at radius 2 is 1.50 bits per heavy atom. The van der Waals surface area contributed by atoms with Crippen molar-refractivity contribution in [3.05, 3.63) is 173 Å². The van der Waals surface area contributed by atoms with Crippen LogP contribution in [0.5, 0.6) is 0 Å². The summed E-state index contributed by atoms with van der Waals surface area (Å²) in [5.74, 6) is 0. The maximum absolute atomic E-state index is 7.64. The van der Waals surface area contributed by atoms with E-state index >= 15 is 0 Å². The van der Waals surface area contributed by atoms with Gasteiger partial charge in [0.1, 0.15) is 0 Å². The zero-order valence-electron chi connectivity index (χ0n) is 34.5. The van der Waals surface area contributed by atoms with Gasteiger partial charge in [-0.25, -0.2) is 4.98 Å². The molecule has 1 radical (unpaired) electrons. The predicted octanol–water partition coefficient (Wildman–Crippen LogP) is 12.5. The van der Waals surface area contributed by atoms with E-state index in [0.29, 0.717) is 11.3 Å². The van der Waals surface area contributed by atoms with Gasteiger partial charge >= 0.3 is 0 Å². The van der Waals surface area contributed by atoms with Gasteiger partial charge in [0.05, 0.1) is 5.58 Å². The van der Waals surface area contributed by atoms with Gasteiger partial charge in [-0.3, -0.25) is 0 Å². The molecule has 8 rings (SSSR count). The van der Waals surface area contributed by atoms with E-state index in [4.69, 9.17) is 8.53 Å². The number of fused-ring (bicyclic) bond motifs is 3. The summed E-state index contributed by atoms with van der Waals surface area (Å²) in [5, 5.41) is 1.63. The average molecular weight is 887 g/mol. The average Bonchev–Trinajstić information content (AvgIpc) is 3.55. The van der Waals surface area contributed by atoms with Crippen LogP contribution >= 0.6 is 0 Å². The molecule has 4 aromatic carbocycles. The van der Waals surface area contributed by atoms with E-state index in [9.17, 15) is 0 Å². The molecular weight excluding hydrogens is 839 g/mol. The first kappa shape index (κ1) is 34.5. The van der Waals surface area contributed by atoms with Crippen LogP contribution in [-0.4, -0.2) is 15.0 Å². The molecule has 0 amide bonds. The van der Waals surface area contributed by atoms with Crippen molar-refractivity contribution in [3.8, 4) is 33.6 Å². The fourth-order valence-electron chi connectivity index (χ4n) is 6.57. The van der Waals surface area contributed by atoms with E-state index < -0.39 is 6.85 Å². The van der Waals surface area contributed by atoms with Crippen molar-refractivity contribution in [1.82, 2.24) is 15.0 Å². The minimum atomic E-state index is -2.29. The van der Waals surface area contributed by atoms with Gasteiger partial charge in [0.15, 0.2) is 0 Å². The van der Waals surface area contributed by atoms with Crippen LogP contribution in [0.15, 0.2) is 126 Å². The van der Waals surface area contributed by atoms with Crippen molar-refractivity contribution in [2.75, 3.05) is 0 Å². The Morgan fingerprint density at radius 1 is 0.722 bits per heavy atom. The van der Waals surface area contributed by atoms with E-state index in [2.05, 4.69) is 141 Å². The number of aryl methyl sites for hydroxylation is 4. The molecule has 0 unspecified atom stereocenters. The Bertz CT molecular complexity index is 2640. The SMILES string of the molecule is Cc1cnc(-c2[c-]cc(C)c(-c3ccccc3)c2)cc1C.[2H]C([2H])([2H])c1ccc2c(n1)oc1c(-c3cc(Cc4ccc(CC(C)(C)C)cc4)ccn3)[c-]ccc12.[Ir]. The van der Waals surface area contributed by atoms with E-state index in [0.717, 1.165) is 51.7 Å². The third-order valence-electron chi connectivity index (χ3n) is 9.44. The monoisotopic (exact) mass is 887 g/mol. The van der Waals surface area contributed by atoms with Crippen LogP contribution in [0.1, 0.15) is 64.0 Å². The molecule has 0 saturated heterocycles. The summed E-state index contributed by atoms with van der Waals surface area (Å²) in [6.07, 6.45) is 5.58. The second-order valence-corrected chi connectivity index (χ2v) is 15.0. The van der Waals surface area contributed by atoms with Gasteiger partial charge in [-0.2, -0.15) is 0 Å². The van der Waals surface area contributed by atoms with E-state index in [1.807, 2.05) is 30.5 Å². The summed E-state index contributed by atoms with van der Waals surface area (Å²) in [7, 11) is 0. The molecule has 5 heteroatoms. The molecule has 0 bridgehead atoms. The van der Waals surface area contributed by atoms with Crippen molar-refractivity contribution >= 4 is 22.1 Å². The number of rotatable bonds is 6. The van der Waals surface area contributed by atoms with Gasteiger partial charge in [0, 0.05) is 47.7 Å². The van der Waals surface area contributed by atoms with E-state index in [-0.39, 0.29) is 31.2 Å². The molecular formula is C49H45IrN3O-2. The summed E-state index contributed by atoms with van der Waals surface area (Å²) in [4.78, 5) is 13.4. The fraction of sp³-hybridized carbons (Fsp3) is 0.204. The van der Waals surface area contributed by atoms with Crippen molar-refractivity contribution in [3.63, 3.8) is 0 Å². The van der Waals surface area contributed by atoms with Crippen LogP contribution in [0.3, 0.4) is 0 Å². The fourth-order valence-corrected chi connectivity index (χ4v) is 6.57. The van der Waals surface area contributed by atoms with E-state index in [1.54, 1.807) is 12.3 Å². The molecule has 4 nitrogen and oxygen atoms in total. The topological polar surface area (TPSA) is 51.8 Å². The third-order valence-corrected chi connectivity index (χ3v) is 9.44. The molecule has 0 spiro atoms. The molecule has 0 aliphatic carbocycles. The van der Waals surface area contributed by atoms with Gasteiger partial charge in [0.2, 0.25) is 5.71 Å². The molecule has 0 atom stereocenters. The van der Waals surface area contributed by atoms with Crippen molar-refractivity contribution in [1.29, 1.82) is 0 Å². The number of nitrogens with zero attached hydrogens (tertiary/aromatic N) is 3. The Hall–Kier alpha value is -5.22. The van der Waals surface area contributed by atoms with Crippen LogP contribution in [0.2, 0.25) is 0 Å². The van der Waals surface area contributed by atoms with Crippen LogP contribution < -0.4 is 0 Å². The number of pyridine rings is 3. The Morgan fingerprint density at radius 3 is 2.24 bits per heavy atom. The number of benzene rings is 4. The van der Waals surface area contributed by atoms with Crippen LogP contribution in [-0.2, 0) is 32.9 Å². The molecule has 0 N–H and O–H groups in total. The van der Waals surface area contributed by atoms with Crippen molar-refractivity contribution in [2.24, 2.45) is 5.41 Å². The number of hydrogen-bond acceptors (Lipinski definition) is 4. The Kier molecular flexibility index (Phi) is 10.5. The van der Waals surface area contributed by atoms with Gasteiger partial charge in [-0.05, 0) is 96.4 Å². The van der Waals surface area contributed by atoms with Crippen molar-refractivity contribution < 1.29 is 28.6 Å². The Labute approximate surface area is 337 Å². The summed E-state index contributed by atoms with van der Waals surface area (Å²) in [6.45, 7) is 10.8. The van der Waals surface area contributed by atoms with Crippen LogP contribution in [0, 0.1) is 45.2 Å². The van der Waals surface area contributed by atoms with Crippen LogP contribution in [0.25, 0.3) is 55.7 Å². The first-order chi connectivity index (χ1) is 26.7. The van der Waals surface area contributed by atoms with Crippen LogP contribution in [0.4, 0.5) is 0 Å². The van der Waals surface area contributed by atoms with Gasteiger partial charge in [0.25, 0.3) is 0 Å². The summed E-state index contributed by atoms with van der Waals surface area (Å²) >= 11 is 0. The third kappa shape index (κ3) is 8.93. The van der Waals surface area contributed by atoms with Gasteiger partial charge in [-0.15, -0.1) is 47.5 Å². The number of furan rings is 1. The van der Waals surface area contributed by atoms with Gasteiger partial charge in [-0.1, -0.05) is 117 Å². The zero-order chi connectivity index (χ0) is 39.6. The Balaban J connectivity index is 0.000000214. The number of aromatic nitrogens is 3. The van der Waals surface area contributed by atoms with E-state index in [1.165, 1.54) is 45.0 Å². The molecule has 54 heavy (non-hydrogen) atoms. The normalized spacial score (nSPS) is 12.3. The smallest absolute Gasteiger partial charge is 0.216 e. The summed E-state index contributed by atoms with van der Waals surface area (Å²) < 4.78 is 29.0. The predicted molar refractivity (Wildman–Crippen MR) is 219 cm³/mol. The van der Waals surface area contributed by atoms with Gasteiger partial charge < -0.3 is 14.4 Å². The molecule has 0 aliphatic heterocycles. The standard InChI is InChI=1S/C29H27N2O.C20H18N.Ir/c1-19-8-13-24-23-6-5-7-25(27(23)32-28(24)31-19)26-17-22(14-15-30-26)16-20-9-11-21(12-10-20)18-29(2,3)4;1-14-9-10-18(20-11-15(2)16(3)13-21-20)12-19(14)17-7-5-4-6-8-17;/h5-6,8-15,17H,16,18H2,1-4H3;4-9,11-13H,1-3H3;/q2*-1;/i1D3;;. The molecule has 8 aromatic rings. The maximum Gasteiger partial charge on any atom is 0.216 e. The molecule has 0 aliphatic rings. The molecule has 4 heterocycles. The molecule has 0 fully saturated rings. The second-order valence-electron chi connectivity index (χ2n) is 15.0. The summed E-state index contributed by atoms with van der Waals surface area (Å²) in [6, 6.07) is 43.4. The zero-order valence-corrected chi connectivity index (χ0v) is 33.9. The van der Waals surface area contributed by atoms with Crippen molar-refractivity contribution in [2.45, 2.75) is 61.2 Å². The maximum atomic E-state index is 7.64. The molecule has 0 saturated carbocycles. The minimum absolute atomic E-state index is 0.